The minimum Gasteiger partial charge on any atom is -0.465 e. The van der Waals surface area contributed by atoms with Gasteiger partial charge in [0, 0.05) is 6.42 Å². The summed E-state index contributed by atoms with van der Waals surface area (Å²) >= 11 is 0. The summed E-state index contributed by atoms with van der Waals surface area (Å²) in [6, 6.07) is 0. The minimum absolute atomic E-state index is 0.0545. The van der Waals surface area contributed by atoms with Crippen molar-refractivity contribution in [3.8, 4) is 0 Å². The molecule has 3 fully saturated rings. The van der Waals surface area contributed by atoms with E-state index in [1.165, 1.54) is 32.1 Å². The molecule has 21 heavy (non-hydrogen) atoms. The van der Waals surface area contributed by atoms with Gasteiger partial charge in [0.05, 0.1) is 18.9 Å². The Balaban J connectivity index is 1.65. The molecule has 3 rings (SSSR count). The van der Waals surface area contributed by atoms with Crippen LogP contribution in [0.1, 0.15) is 64.7 Å². The standard InChI is InChI=1S/C17H26O4/c1-17(9-10-20-15(18)11-17)21-16(19)14-8-4-6-12-5-2-3-7-13(12)14/h12-14H,2-11H2,1H3. The van der Waals surface area contributed by atoms with Crippen LogP contribution in [0.3, 0.4) is 0 Å². The van der Waals surface area contributed by atoms with Gasteiger partial charge in [-0.1, -0.05) is 32.1 Å². The van der Waals surface area contributed by atoms with Crippen molar-refractivity contribution in [1.82, 2.24) is 0 Å². The molecule has 0 aromatic heterocycles. The number of rotatable bonds is 2. The quantitative estimate of drug-likeness (QED) is 0.734. The molecule has 4 heteroatoms. The Morgan fingerprint density at radius 2 is 1.95 bits per heavy atom. The molecule has 1 saturated heterocycles. The topological polar surface area (TPSA) is 52.6 Å². The van der Waals surface area contributed by atoms with Crippen LogP contribution in [0.15, 0.2) is 0 Å². The molecule has 0 amide bonds. The molecule has 4 atom stereocenters. The van der Waals surface area contributed by atoms with Gasteiger partial charge in [-0.2, -0.15) is 0 Å². The van der Waals surface area contributed by atoms with Crippen LogP contribution < -0.4 is 0 Å². The molecule has 0 aromatic rings. The molecule has 0 spiro atoms. The summed E-state index contributed by atoms with van der Waals surface area (Å²) in [7, 11) is 0. The van der Waals surface area contributed by atoms with Crippen LogP contribution in [0.2, 0.25) is 0 Å². The van der Waals surface area contributed by atoms with Gasteiger partial charge in [-0.25, -0.2) is 0 Å². The van der Waals surface area contributed by atoms with E-state index >= 15 is 0 Å². The van der Waals surface area contributed by atoms with Crippen LogP contribution in [0, 0.1) is 17.8 Å². The van der Waals surface area contributed by atoms with E-state index in [-0.39, 0.29) is 24.3 Å². The molecule has 1 heterocycles. The lowest BCUT2D eigenvalue weighted by molar-refractivity contribution is -0.181. The van der Waals surface area contributed by atoms with Gasteiger partial charge in [-0.05, 0) is 31.6 Å². The average Bonchev–Trinajstić information content (AvgIpc) is 2.46. The first-order valence-electron chi connectivity index (χ1n) is 8.46. The van der Waals surface area contributed by atoms with Crippen molar-refractivity contribution < 1.29 is 19.1 Å². The average molecular weight is 294 g/mol. The van der Waals surface area contributed by atoms with Gasteiger partial charge in [0.15, 0.2) is 0 Å². The number of carbonyl (C=O) groups is 2. The molecular formula is C17H26O4. The Labute approximate surface area is 126 Å². The van der Waals surface area contributed by atoms with E-state index in [2.05, 4.69) is 0 Å². The third kappa shape index (κ3) is 3.24. The van der Waals surface area contributed by atoms with E-state index in [0.29, 0.717) is 24.9 Å². The lowest BCUT2D eigenvalue weighted by Gasteiger charge is -2.42. The molecule has 118 valence electrons. The van der Waals surface area contributed by atoms with Gasteiger partial charge in [-0.3, -0.25) is 9.59 Å². The predicted octanol–water partition coefficient (Wildman–Crippen LogP) is 3.23. The van der Waals surface area contributed by atoms with Crippen molar-refractivity contribution in [2.75, 3.05) is 6.61 Å². The molecule has 0 aromatic carbocycles. The van der Waals surface area contributed by atoms with Crippen molar-refractivity contribution in [3.05, 3.63) is 0 Å². The van der Waals surface area contributed by atoms with Crippen molar-refractivity contribution in [2.45, 2.75) is 70.3 Å². The third-order valence-electron chi connectivity index (χ3n) is 5.64. The van der Waals surface area contributed by atoms with Crippen LogP contribution in [0.25, 0.3) is 0 Å². The molecule has 0 N–H and O–H groups in total. The maximum atomic E-state index is 12.7. The second-order valence-corrected chi connectivity index (χ2v) is 7.26. The fourth-order valence-electron chi connectivity index (χ4n) is 4.46. The lowest BCUT2D eigenvalue weighted by Crippen LogP contribution is -2.44. The molecule has 0 radical (unpaired) electrons. The molecule has 1 aliphatic heterocycles. The van der Waals surface area contributed by atoms with Gasteiger partial charge in [0.25, 0.3) is 0 Å². The van der Waals surface area contributed by atoms with Crippen LogP contribution in [-0.4, -0.2) is 24.1 Å². The number of hydrogen-bond acceptors (Lipinski definition) is 4. The maximum Gasteiger partial charge on any atom is 0.309 e. The third-order valence-corrected chi connectivity index (χ3v) is 5.64. The zero-order valence-corrected chi connectivity index (χ0v) is 12.9. The van der Waals surface area contributed by atoms with Gasteiger partial charge in [0.1, 0.15) is 5.60 Å². The highest BCUT2D eigenvalue weighted by Gasteiger charge is 2.43. The summed E-state index contributed by atoms with van der Waals surface area (Å²) in [5.41, 5.74) is -0.659. The number of fused-ring (bicyclic) bond motifs is 1. The Bertz CT molecular complexity index is 417. The smallest absolute Gasteiger partial charge is 0.309 e. The van der Waals surface area contributed by atoms with Gasteiger partial charge >= 0.3 is 11.9 Å². The highest BCUT2D eigenvalue weighted by Crippen LogP contribution is 2.44. The first-order chi connectivity index (χ1) is 10.1. The van der Waals surface area contributed by atoms with Gasteiger partial charge < -0.3 is 9.47 Å². The largest absolute Gasteiger partial charge is 0.465 e. The van der Waals surface area contributed by atoms with Gasteiger partial charge in [0.2, 0.25) is 0 Å². The van der Waals surface area contributed by atoms with E-state index in [1.807, 2.05) is 6.92 Å². The monoisotopic (exact) mass is 294 g/mol. The summed E-state index contributed by atoms with van der Waals surface area (Å²) in [6.45, 7) is 2.23. The Morgan fingerprint density at radius 3 is 2.76 bits per heavy atom. The number of carbonyl (C=O) groups excluding carboxylic acids is 2. The lowest BCUT2D eigenvalue weighted by atomic mass is 9.65. The molecule has 0 bridgehead atoms. The van der Waals surface area contributed by atoms with Crippen LogP contribution in [-0.2, 0) is 19.1 Å². The fourth-order valence-corrected chi connectivity index (χ4v) is 4.46. The first kappa shape index (κ1) is 14.9. The molecule has 4 unspecified atom stereocenters. The number of ether oxygens (including phenoxy) is 2. The molecular weight excluding hydrogens is 268 g/mol. The second-order valence-electron chi connectivity index (χ2n) is 7.26. The highest BCUT2D eigenvalue weighted by molar-refractivity contribution is 5.76. The summed E-state index contributed by atoms with van der Waals surface area (Å²) < 4.78 is 10.8. The van der Waals surface area contributed by atoms with E-state index in [4.69, 9.17) is 9.47 Å². The van der Waals surface area contributed by atoms with Crippen LogP contribution in [0.5, 0.6) is 0 Å². The Kier molecular flexibility index (Phi) is 4.23. The van der Waals surface area contributed by atoms with Crippen LogP contribution >= 0.6 is 0 Å². The van der Waals surface area contributed by atoms with E-state index in [1.54, 1.807) is 0 Å². The summed E-state index contributed by atoms with van der Waals surface area (Å²) in [5.74, 6) is 0.965. The predicted molar refractivity (Wildman–Crippen MR) is 77.5 cm³/mol. The minimum atomic E-state index is -0.659. The van der Waals surface area contributed by atoms with Crippen molar-refractivity contribution in [3.63, 3.8) is 0 Å². The zero-order chi connectivity index (χ0) is 14.9. The summed E-state index contributed by atoms with van der Waals surface area (Å²) in [6.07, 6.45) is 9.19. The van der Waals surface area contributed by atoms with E-state index in [9.17, 15) is 9.59 Å². The summed E-state index contributed by atoms with van der Waals surface area (Å²) in [5, 5.41) is 0. The molecule has 2 saturated carbocycles. The molecule has 4 nitrogen and oxygen atoms in total. The zero-order valence-electron chi connectivity index (χ0n) is 12.9. The normalized spacial score (nSPS) is 40.0. The molecule has 3 aliphatic rings. The van der Waals surface area contributed by atoms with Crippen molar-refractivity contribution >= 4 is 11.9 Å². The summed E-state index contributed by atoms with van der Waals surface area (Å²) in [4.78, 5) is 24.1. The number of hydrogen-bond donors (Lipinski definition) is 0. The highest BCUT2D eigenvalue weighted by atomic mass is 16.6. The first-order valence-corrected chi connectivity index (χ1v) is 8.46. The maximum absolute atomic E-state index is 12.7. The van der Waals surface area contributed by atoms with Crippen molar-refractivity contribution in [2.24, 2.45) is 17.8 Å². The Hall–Kier alpha value is -1.06. The van der Waals surface area contributed by atoms with E-state index < -0.39 is 5.60 Å². The van der Waals surface area contributed by atoms with E-state index in [0.717, 1.165) is 12.8 Å². The van der Waals surface area contributed by atoms with Crippen LogP contribution in [0.4, 0.5) is 0 Å². The SMILES string of the molecule is CC1(OC(=O)C2CCCC3CCCCC32)CCOC(=O)C1. The molecule has 2 aliphatic carbocycles. The fraction of sp³-hybridized carbons (Fsp3) is 0.882. The number of esters is 2. The second kappa shape index (κ2) is 5.98. The Morgan fingerprint density at radius 1 is 1.19 bits per heavy atom. The van der Waals surface area contributed by atoms with Gasteiger partial charge in [-0.15, -0.1) is 0 Å². The van der Waals surface area contributed by atoms with Crippen molar-refractivity contribution in [1.29, 1.82) is 0 Å². The number of cyclic esters (lactones) is 1.